The van der Waals surface area contributed by atoms with Gasteiger partial charge in [0.1, 0.15) is 5.75 Å². The molecule has 0 amide bonds. The van der Waals surface area contributed by atoms with E-state index >= 15 is 0 Å². The van der Waals surface area contributed by atoms with Gasteiger partial charge in [0.25, 0.3) is 0 Å². The predicted molar refractivity (Wildman–Crippen MR) is 74.6 cm³/mol. The molecule has 1 saturated carbocycles. The summed E-state index contributed by atoms with van der Waals surface area (Å²) in [5.74, 6) is 1.57. The van der Waals surface area contributed by atoms with Crippen molar-refractivity contribution in [3.63, 3.8) is 0 Å². The fraction of sp³-hybridized carbons (Fsp3) is 0.600. The molecule has 4 heteroatoms. The van der Waals surface area contributed by atoms with E-state index in [9.17, 15) is 0 Å². The Morgan fingerprint density at radius 3 is 2.58 bits per heavy atom. The molecule has 0 saturated heterocycles. The second-order valence-corrected chi connectivity index (χ2v) is 4.95. The van der Waals surface area contributed by atoms with Crippen LogP contribution in [0.1, 0.15) is 24.3 Å². The number of benzene rings is 1. The van der Waals surface area contributed by atoms with Gasteiger partial charge in [0, 0.05) is 26.8 Å². The van der Waals surface area contributed by atoms with Crippen LogP contribution in [0.5, 0.6) is 5.75 Å². The second kappa shape index (κ2) is 6.89. The van der Waals surface area contributed by atoms with Crippen LogP contribution in [0.25, 0.3) is 0 Å². The van der Waals surface area contributed by atoms with Gasteiger partial charge < -0.3 is 19.5 Å². The van der Waals surface area contributed by atoms with E-state index in [2.05, 4.69) is 23.5 Å². The summed E-state index contributed by atoms with van der Waals surface area (Å²) in [7, 11) is 5.03. The number of hydrogen-bond acceptors (Lipinski definition) is 4. The van der Waals surface area contributed by atoms with Crippen molar-refractivity contribution < 1.29 is 14.2 Å². The molecule has 106 valence electrons. The average Bonchev–Trinajstić information content (AvgIpc) is 2.41. The van der Waals surface area contributed by atoms with Crippen molar-refractivity contribution in [2.75, 3.05) is 27.9 Å². The molecule has 0 heterocycles. The van der Waals surface area contributed by atoms with Crippen LogP contribution in [0, 0.1) is 0 Å². The molecule has 0 unspecified atom stereocenters. The molecule has 1 aliphatic carbocycles. The van der Waals surface area contributed by atoms with Crippen molar-refractivity contribution >= 4 is 0 Å². The highest BCUT2D eigenvalue weighted by Gasteiger charge is 2.30. The maximum atomic E-state index is 5.26. The van der Waals surface area contributed by atoms with Crippen molar-refractivity contribution in [3.8, 4) is 5.75 Å². The number of hydrogen-bond donors (Lipinski definition) is 1. The quantitative estimate of drug-likeness (QED) is 0.767. The first kappa shape index (κ1) is 14.3. The molecule has 1 N–H and O–H groups in total. The summed E-state index contributed by atoms with van der Waals surface area (Å²) in [5, 5.41) is 3.47. The van der Waals surface area contributed by atoms with Crippen LogP contribution in [-0.2, 0) is 9.47 Å². The van der Waals surface area contributed by atoms with Gasteiger partial charge in [0.15, 0.2) is 6.29 Å². The molecule has 0 radical (unpaired) electrons. The highest BCUT2D eigenvalue weighted by atomic mass is 16.7. The van der Waals surface area contributed by atoms with Crippen LogP contribution >= 0.6 is 0 Å². The molecule has 4 nitrogen and oxygen atoms in total. The van der Waals surface area contributed by atoms with E-state index in [0.29, 0.717) is 12.0 Å². The molecule has 1 fully saturated rings. The van der Waals surface area contributed by atoms with Gasteiger partial charge in [-0.2, -0.15) is 0 Å². The third kappa shape index (κ3) is 3.69. The number of rotatable bonds is 7. The van der Waals surface area contributed by atoms with Gasteiger partial charge in [-0.1, -0.05) is 12.1 Å². The zero-order chi connectivity index (χ0) is 13.7. The molecule has 0 bridgehead atoms. The molecule has 0 spiro atoms. The van der Waals surface area contributed by atoms with Crippen molar-refractivity contribution in [1.29, 1.82) is 0 Å². The molecule has 0 aromatic heterocycles. The molecule has 0 atom stereocenters. The molecular formula is C15H23NO3. The fourth-order valence-corrected chi connectivity index (χ4v) is 2.48. The second-order valence-electron chi connectivity index (χ2n) is 4.95. The third-order valence-corrected chi connectivity index (χ3v) is 3.80. The standard InChI is InChI=1S/C15H23NO3/c1-17-14-6-4-5-11(9-14)12-7-13(8-12)16-10-15(18-2)19-3/h4-6,9,12-13,15-16H,7-8,10H2,1-3H3. The first-order valence-electron chi connectivity index (χ1n) is 6.69. The molecular weight excluding hydrogens is 242 g/mol. The maximum absolute atomic E-state index is 5.26. The van der Waals surface area contributed by atoms with E-state index in [1.54, 1.807) is 21.3 Å². The fourth-order valence-electron chi connectivity index (χ4n) is 2.48. The lowest BCUT2D eigenvalue weighted by atomic mass is 9.76. The minimum Gasteiger partial charge on any atom is -0.497 e. The molecule has 1 aromatic rings. The number of nitrogens with one attached hydrogen (secondary N) is 1. The van der Waals surface area contributed by atoms with Crippen LogP contribution in [0.15, 0.2) is 24.3 Å². The normalized spacial score (nSPS) is 22.3. The van der Waals surface area contributed by atoms with Crippen LogP contribution in [-0.4, -0.2) is 40.2 Å². The summed E-state index contributed by atoms with van der Waals surface area (Å²) in [6.07, 6.45) is 2.16. The maximum Gasteiger partial charge on any atom is 0.169 e. The van der Waals surface area contributed by atoms with Gasteiger partial charge in [-0.3, -0.25) is 0 Å². The van der Waals surface area contributed by atoms with Crippen LogP contribution < -0.4 is 10.1 Å². The topological polar surface area (TPSA) is 39.7 Å². The lowest BCUT2D eigenvalue weighted by molar-refractivity contribution is -0.101. The van der Waals surface area contributed by atoms with Crippen LogP contribution in [0.3, 0.4) is 0 Å². The smallest absolute Gasteiger partial charge is 0.169 e. The molecule has 1 aromatic carbocycles. The zero-order valence-electron chi connectivity index (χ0n) is 11.9. The first-order valence-corrected chi connectivity index (χ1v) is 6.69. The summed E-state index contributed by atoms with van der Waals surface area (Å²) in [5.41, 5.74) is 1.37. The molecule has 0 aliphatic heterocycles. The van der Waals surface area contributed by atoms with E-state index in [0.717, 1.165) is 25.1 Å². The lowest BCUT2D eigenvalue weighted by Gasteiger charge is -2.37. The Morgan fingerprint density at radius 1 is 1.21 bits per heavy atom. The van der Waals surface area contributed by atoms with Crippen molar-refractivity contribution in [1.82, 2.24) is 5.32 Å². The highest BCUT2D eigenvalue weighted by molar-refractivity contribution is 5.32. The van der Waals surface area contributed by atoms with Crippen molar-refractivity contribution in [2.45, 2.75) is 31.1 Å². The van der Waals surface area contributed by atoms with Gasteiger partial charge in [-0.15, -0.1) is 0 Å². The zero-order valence-corrected chi connectivity index (χ0v) is 11.9. The number of methoxy groups -OCH3 is 3. The summed E-state index contributed by atoms with van der Waals surface area (Å²) < 4.78 is 15.6. The lowest BCUT2D eigenvalue weighted by Crippen LogP contribution is -2.44. The SMILES string of the molecule is COc1cccc(C2CC(NCC(OC)OC)C2)c1. The Balaban J connectivity index is 1.76. The molecule has 1 aliphatic rings. The third-order valence-electron chi connectivity index (χ3n) is 3.80. The highest BCUT2D eigenvalue weighted by Crippen LogP contribution is 2.37. The van der Waals surface area contributed by atoms with E-state index < -0.39 is 0 Å². The minimum absolute atomic E-state index is 0.157. The van der Waals surface area contributed by atoms with Crippen molar-refractivity contribution in [2.24, 2.45) is 0 Å². The summed E-state index contributed by atoms with van der Waals surface area (Å²) in [4.78, 5) is 0. The Kier molecular flexibility index (Phi) is 5.19. The number of ether oxygens (including phenoxy) is 3. The Hall–Kier alpha value is -1.10. The van der Waals surface area contributed by atoms with Gasteiger partial charge in [-0.25, -0.2) is 0 Å². The average molecular weight is 265 g/mol. The summed E-state index contributed by atoms with van der Waals surface area (Å²) in [6.45, 7) is 0.739. The van der Waals surface area contributed by atoms with Crippen LogP contribution in [0.4, 0.5) is 0 Å². The van der Waals surface area contributed by atoms with Gasteiger partial charge in [-0.05, 0) is 36.5 Å². The van der Waals surface area contributed by atoms with E-state index in [4.69, 9.17) is 14.2 Å². The van der Waals surface area contributed by atoms with Gasteiger partial charge >= 0.3 is 0 Å². The first-order chi connectivity index (χ1) is 9.26. The minimum atomic E-state index is -0.157. The molecule has 19 heavy (non-hydrogen) atoms. The summed E-state index contributed by atoms with van der Waals surface area (Å²) in [6, 6.07) is 8.91. The summed E-state index contributed by atoms with van der Waals surface area (Å²) >= 11 is 0. The Labute approximate surface area is 115 Å². The van der Waals surface area contributed by atoms with Crippen molar-refractivity contribution in [3.05, 3.63) is 29.8 Å². The van der Waals surface area contributed by atoms with E-state index in [1.807, 2.05) is 6.07 Å². The predicted octanol–water partition coefficient (Wildman–Crippen LogP) is 2.15. The monoisotopic (exact) mass is 265 g/mol. The van der Waals surface area contributed by atoms with Gasteiger partial charge in [0.05, 0.1) is 7.11 Å². The Morgan fingerprint density at radius 2 is 1.95 bits per heavy atom. The van der Waals surface area contributed by atoms with Crippen LogP contribution in [0.2, 0.25) is 0 Å². The molecule has 2 rings (SSSR count). The largest absolute Gasteiger partial charge is 0.497 e. The van der Waals surface area contributed by atoms with E-state index in [-0.39, 0.29) is 6.29 Å². The van der Waals surface area contributed by atoms with E-state index in [1.165, 1.54) is 5.56 Å². The Bertz CT molecular complexity index is 387. The van der Waals surface area contributed by atoms with Gasteiger partial charge in [0.2, 0.25) is 0 Å².